The summed E-state index contributed by atoms with van der Waals surface area (Å²) in [5.41, 5.74) is 2.53. The van der Waals surface area contributed by atoms with Crippen molar-refractivity contribution in [2.24, 2.45) is 16.8 Å². The molecule has 0 saturated carbocycles. The van der Waals surface area contributed by atoms with Gasteiger partial charge in [0.1, 0.15) is 5.76 Å². The van der Waals surface area contributed by atoms with Crippen LogP contribution in [0.4, 0.5) is 0 Å². The summed E-state index contributed by atoms with van der Waals surface area (Å²) in [6.45, 7) is 3.90. The minimum Gasteiger partial charge on any atom is -0.511 e. The van der Waals surface area contributed by atoms with Gasteiger partial charge in [-0.2, -0.15) is 0 Å². The molecule has 4 nitrogen and oxygen atoms in total. The highest BCUT2D eigenvalue weighted by molar-refractivity contribution is 6.25. The number of nitrogens with zero attached hydrogens (tertiary/aromatic N) is 1. The van der Waals surface area contributed by atoms with Crippen LogP contribution in [0.15, 0.2) is 27.9 Å². The smallest absolute Gasteiger partial charge is 0.168 e. The number of rotatable bonds is 5. The first-order valence-corrected chi connectivity index (χ1v) is 8.43. The largest absolute Gasteiger partial charge is 0.511 e. The van der Waals surface area contributed by atoms with E-state index in [9.17, 15) is 9.90 Å². The highest BCUT2D eigenvalue weighted by Gasteiger charge is 2.34. The molecule has 1 N–H and O–H groups in total. The average Bonchev–Trinajstić information content (AvgIpc) is 2.53. The zero-order valence-electron chi connectivity index (χ0n) is 13.1. The van der Waals surface area contributed by atoms with Crippen molar-refractivity contribution >= 4 is 23.1 Å². The molecule has 5 heteroatoms. The number of ketones is 1. The van der Waals surface area contributed by atoms with E-state index in [1.165, 1.54) is 5.54 Å². The molecule has 1 aliphatic carbocycles. The molecule has 0 aromatic heterocycles. The van der Waals surface area contributed by atoms with E-state index in [0.717, 1.165) is 26.1 Å². The van der Waals surface area contributed by atoms with Gasteiger partial charge in [0.15, 0.2) is 5.78 Å². The van der Waals surface area contributed by atoms with Gasteiger partial charge in [0.25, 0.3) is 0 Å². The summed E-state index contributed by atoms with van der Waals surface area (Å²) in [4.78, 5) is 16.9. The number of carbonyl (C=O) groups is 1. The van der Waals surface area contributed by atoms with Gasteiger partial charge >= 0.3 is 0 Å². The van der Waals surface area contributed by atoms with Crippen LogP contribution in [0.25, 0.3) is 0 Å². The molecular weight excluding hydrogens is 302 g/mol. The fourth-order valence-corrected chi connectivity index (χ4v) is 3.42. The Bertz CT molecular complexity index is 490. The lowest BCUT2D eigenvalue weighted by atomic mass is 9.75. The Morgan fingerprint density at radius 1 is 1.36 bits per heavy atom. The third-order valence-corrected chi connectivity index (χ3v) is 4.68. The van der Waals surface area contributed by atoms with Gasteiger partial charge < -0.3 is 9.84 Å². The maximum absolute atomic E-state index is 12.5. The van der Waals surface area contributed by atoms with Crippen LogP contribution in [0, 0.1) is 11.8 Å². The molecule has 0 amide bonds. The van der Waals surface area contributed by atoms with Gasteiger partial charge in [-0.05, 0) is 31.1 Å². The first-order chi connectivity index (χ1) is 10.7. The van der Waals surface area contributed by atoms with E-state index < -0.39 is 0 Å². The lowest BCUT2D eigenvalue weighted by Gasteiger charge is -2.33. The van der Waals surface area contributed by atoms with Gasteiger partial charge in [-0.25, -0.2) is 0 Å². The van der Waals surface area contributed by atoms with E-state index >= 15 is 0 Å². The summed E-state index contributed by atoms with van der Waals surface area (Å²) in [6.07, 6.45) is 5.40. The molecule has 122 valence electrons. The Morgan fingerprint density at radius 3 is 2.68 bits per heavy atom. The molecule has 2 aliphatic rings. The number of Topliss-reactive ketones (excluding diaryl/α,β-unsaturated/α-hetero) is 1. The third-order valence-electron chi connectivity index (χ3n) is 4.50. The minimum absolute atomic E-state index is 0.0238. The zero-order valence-corrected chi connectivity index (χ0v) is 13.8. The standard InChI is InChI=1S/C17H24ClNO3/c1-2-14(19-7-3-6-18)17-15(20)10-13(11-16(17)21)12-4-8-22-9-5-12/h3,6,12-13,20H,2,4-5,7-11H2,1H3. The third kappa shape index (κ3) is 4.20. The van der Waals surface area contributed by atoms with Crippen molar-refractivity contribution in [3.8, 4) is 0 Å². The number of ether oxygens (including phenoxy) is 1. The van der Waals surface area contributed by atoms with Crippen LogP contribution in [-0.4, -0.2) is 36.4 Å². The van der Waals surface area contributed by atoms with E-state index in [0.29, 0.717) is 43.0 Å². The normalized spacial score (nSPS) is 25.3. The Balaban J connectivity index is 2.14. The van der Waals surface area contributed by atoms with Crippen LogP contribution >= 0.6 is 11.6 Å². The molecule has 0 spiro atoms. The number of hydrogen-bond acceptors (Lipinski definition) is 4. The Kier molecular flexibility index (Phi) is 6.65. The summed E-state index contributed by atoms with van der Waals surface area (Å²) in [5.74, 6) is 0.947. The molecule has 1 aliphatic heterocycles. The summed E-state index contributed by atoms with van der Waals surface area (Å²) in [6, 6.07) is 0. The van der Waals surface area contributed by atoms with Crippen molar-refractivity contribution in [2.45, 2.75) is 39.0 Å². The highest BCUT2D eigenvalue weighted by Crippen LogP contribution is 2.36. The lowest BCUT2D eigenvalue weighted by Crippen LogP contribution is -2.31. The molecule has 2 rings (SSSR count). The van der Waals surface area contributed by atoms with E-state index in [4.69, 9.17) is 16.3 Å². The van der Waals surface area contributed by atoms with Gasteiger partial charge in [-0.15, -0.1) is 0 Å². The van der Waals surface area contributed by atoms with E-state index in [2.05, 4.69) is 4.99 Å². The predicted octanol–water partition coefficient (Wildman–Crippen LogP) is 3.81. The molecular formula is C17H24ClNO3. The number of aliphatic hydroxyl groups is 1. The topological polar surface area (TPSA) is 58.9 Å². The molecule has 0 radical (unpaired) electrons. The number of halogens is 1. The Labute approximate surface area is 136 Å². The second kappa shape index (κ2) is 8.49. The van der Waals surface area contributed by atoms with Gasteiger partial charge in [0.05, 0.1) is 12.1 Å². The lowest BCUT2D eigenvalue weighted by molar-refractivity contribution is -0.117. The number of aliphatic imine (C=N–C) groups is 1. The summed E-state index contributed by atoms with van der Waals surface area (Å²) in [7, 11) is 0. The van der Waals surface area contributed by atoms with Crippen molar-refractivity contribution in [3.05, 3.63) is 22.9 Å². The van der Waals surface area contributed by atoms with Crippen molar-refractivity contribution in [3.63, 3.8) is 0 Å². The predicted molar refractivity (Wildman–Crippen MR) is 88.5 cm³/mol. The molecule has 1 unspecified atom stereocenters. The van der Waals surface area contributed by atoms with Crippen LogP contribution < -0.4 is 0 Å². The SMILES string of the molecule is CCC(=NCC=CCl)C1=C(O)CC(C2CCOCC2)CC1=O. The van der Waals surface area contributed by atoms with Gasteiger partial charge in [0.2, 0.25) is 0 Å². The van der Waals surface area contributed by atoms with Crippen LogP contribution in [0.3, 0.4) is 0 Å². The zero-order chi connectivity index (χ0) is 15.9. The maximum atomic E-state index is 12.5. The van der Waals surface area contributed by atoms with E-state index in [1.807, 2.05) is 6.92 Å². The molecule has 1 saturated heterocycles. The summed E-state index contributed by atoms with van der Waals surface area (Å²) < 4.78 is 5.38. The van der Waals surface area contributed by atoms with Crippen LogP contribution in [0.1, 0.15) is 39.0 Å². The summed E-state index contributed by atoms with van der Waals surface area (Å²) in [5, 5.41) is 10.4. The number of allylic oxidation sites excluding steroid dienone is 2. The average molecular weight is 326 g/mol. The monoisotopic (exact) mass is 325 g/mol. The van der Waals surface area contributed by atoms with Crippen LogP contribution in [0.5, 0.6) is 0 Å². The molecule has 0 aromatic rings. The molecule has 1 heterocycles. The van der Waals surface area contributed by atoms with Crippen molar-refractivity contribution in [1.82, 2.24) is 0 Å². The maximum Gasteiger partial charge on any atom is 0.168 e. The number of aliphatic hydroxyl groups excluding tert-OH is 1. The quantitative estimate of drug-likeness (QED) is 0.782. The van der Waals surface area contributed by atoms with Crippen molar-refractivity contribution in [2.75, 3.05) is 19.8 Å². The highest BCUT2D eigenvalue weighted by atomic mass is 35.5. The van der Waals surface area contributed by atoms with E-state index in [1.54, 1.807) is 6.08 Å². The van der Waals surface area contributed by atoms with Crippen LogP contribution in [0.2, 0.25) is 0 Å². The number of carbonyl (C=O) groups excluding carboxylic acids is 1. The summed E-state index contributed by atoms with van der Waals surface area (Å²) >= 11 is 5.49. The molecule has 0 bridgehead atoms. The second-order valence-electron chi connectivity index (χ2n) is 5.87. The first kappa shape index (κ1) is 17.2. The molecule has 22 heavy (non-hydrogen) atoms. The van der Waals surface area contributed by atoms with Crippen molar-refractivity contribution < 1.29 is 14.6 Å². The molecule has 1 fully saturated rings. The van der Waals surface area contributed by atoms with E-state index in [-0.39, 0.29) is 17.5 Å². The fourth-order valence-electron chi connectivity index (χ4n) is 3.34. The van der Waals surface area contributed by atoms with Crippen LogP contribution in [-0.2, 0) is 9.53 Å². The Hall–Kier alpha value is -1.13. The molecule has 0 aromatic carbocycles. The number of hydrogen-bond donors (Lipinski definition) is 1. The van der Waals surface area contributed by atoms with Crippen molar-refractivity contribution in [1.29, 1.82) is 0 Å². The first-order valence-electron chi connectivity index (χ1n) is 7.99. The second-order valence-corrected chi connectivity index (χ2v) is 6.12. The Morgan fingerprint density at radius 2 is 2.09 bits per heavy atom. The minimum atomic E-state index is 0.0238. The van der Waals surface area contributed by atoms with Gasteiger partial charge in [-0.1, -0.05) is 24.6 Å². The van der Waals surface area contributed by atoms with Gasteiger partial charge in [0, 0.05) is 37.3 Å². The van der Waals surface area contributed by atoms with Gasteiger partial charge in [-0.3, -0.25) is 9.79 Å². The molecule has 1 atom stereocenters. The fraction of sp³-hybridized carbons (Fsp3) is 0.647.